The van der Waals surface area contributed by atoms with E-state index in [-0.39, 0.29) is 0 Å². The molecule has 0 saturated carbocycles. The molecule has 1 aliphatic heterocycles. The van der Waals surface area contributed by atoms with Gasteiger partial charge in [0.2, 0.25) is 0 Å². The minimum atomic E-state index is -0.684. The Kier molecular flexibility index (Phi) is 4.19. The van der Waals surface area contributed by atoms with Gasteiger partial charge in [-0.2, -0.15) is 0 Å². The van der Waals surface area contributed by atoms with Gasteiger partial charge < -0.3 is 14.0 Å². The maximum atomic E-state index is 6.08. The molecule has 1 aromatic rings. The second-order valence-electron chi connectivity index (χ2n) is 5.59. The van der Waals surface area contributed by atoms with Crippen molar-refractivity contribution in [3.8, 4) is 0 Å². The first-order chi connectivity index (χ1) is 8.71. The standard InChI is InChI=1S/C13H17BCl2O3/c1-12(2)13(3,4)19-14(18-12)17-8-9-5-6-10(15)7-11(9)16/h5-7H,8H2,1-4H3. The van der Waals surface area contributed by atoms with E-state index in [1.165, 1.54) is 0 Å². The van der Waals surface area contributed by atoms with E-state index in [2.05, 4.69) is 0 Å². The summed E-state index contributed by atoms with van der Waals surface area (Å²) in [6.07, 6.45) is 0. The summed E-state index contributed by atoms with van der Waals surface area (Å²) in [6.45, 7) is 8.22. The Morgan fingerprint density at radius 1 is 1.11 bits per heavy atom. The van der Waals surface area contributed by atoms with Gasteiger partial charge in [-0.1, -0.05) is 29.3 Å². The molecule has 104 valence electrons. The van der Waals surface area contributed by atoms with Gasteiger partial charge in [-0.15, -0.1) is 0 Å². The molecule has 0 spiro atoms. The van der Waals surface area contributed by atoms with Crippen molar-refractivity contribution in [2.75, 3.05) is 0 Å². The summed E-state index contributed by atoms with van der Waals surface area (Å²) in [5.41, 5.74) is 0.0453. The third-order valence-corrected chi connectivity index (χ3v) is 4.21. The Morgan fingerprint density at radius 2 is 1.68 bits per heavy atom. The first-order valence-electron chi connectivity index (χ1n) is 6.12. The Labute approximate surface area is 124 Å². The molecule has 3 nitrogen and oxygen atoms in total. The van der Waals surface area contributed by atoms with Gasteiger partial charge in [0.05, 0.1) is 17.8 Å². The summed E-state index contributed by atoms with van der Waals surface area (Å²) in [5.74, 6) is 0. The van der Waals surface area contributed by atoms with Crippen molar-refractivity contribution >= 4 is 30.5 Å². The van der Waals surface area contributed by atoms with Gasteiger partial charge in [0.15, 0.2) is 0 Å². The summed E-state index contributed by atoms with van der Waals surface area (Å²) < 4.78 is 17.1. The Bertz CT molecular complexity index is 461. The van der Waals surface area contributed by atoms with Gasteiger partial charge >= 0.3 is 7.32 Å². The van der Waals surface area contributed by atoms with E-state index in [9.17, 15) is 0 Å². The zero-order valence-corrected chi connectivity index (χ0v) is 13.0. The van der Waals surface area contributed by atoms with Crippen molar-refractivity contribution in [1.29, 1.82) is 0 Å². The maximum absolute atomic E-state index is 6.08. The molecule has 1 fully saturated rings. The highest BCUT2D eigenvalue weighted by Gasteiger charge is 2.52. The second kappa shape index (κ2) is 5.26. The molecule has 1 aromatic carbocycles. The van der Waals surface area contributed by atoms with Crippen molar-refractivity contribution < 1.29 is 14.0 Å². The fraction of sp³-hybridized carbons (Fsp3) is 0.538. The van der Waals surface area contributed by atoms with Gasteiger partial charge in [-0.25, -0.2) is 0 Å². The normalized spacial score (nSPS) is 20.8. The molecular weight excluding hydrogens is 286 g/mol. The third-order valence-electron chi connectivity index (χ3n) is 3.62. The number of halogens is 2. The zero-order valence-electron chi connectivity index (χ0n) is 11.5. The average molecular weight is 303 g/mol. The molecule has 6 heteroatoms. The summed E-state index contributed by atoms with van der Waals surface area (Å²) >= 11 is 11.9. The van der Waals surface area contributed by atoms with Crippen LogP contribution in [-0.4, -0.2) is 18.5 Å². The van der Waals surface area contributed by atoms with Crippen LogP contribution in [0.3, 0.4) is 0 Å². The molecule has 0 aliphatic carbocycles. The molecule has 0 N–H and O–H groups in total. The average Bonchev–Trinajstić information content (AvgIpc) is 2.46. The van der Waals surface area contributed by atoms with E-state index >= 15 is 0 Å². The van der Waals surface area contributed by atoms with Crippen LogP contribution in [-0.2, 0) is 20.6 Å². The number of hydrogen-bond acceptors (Lipinski definition) is 3. The van der Waals surface area contributed by atoms with E-state index < -0.39 is 18.5 Å². The molecule has 0 unspecified atom stereocenters. The van der Waals surface area contributed by atoms with Crippen molar-refractivity contribution in [2.24, 2.45) is 0 Å². The van der Waals surface area contributed by atoms with Crippen LogP contribution in [0.5, 0.6) is 0 Å². The van der Waals surface area contributed by atoms with Crippen molar-refractivity contribution in [3.63, 3.8) is 0 Å². The monoisotopic (exact) mass is 302 g/mol. The van der Waals surface area contributed by atoms with Crippen LogP contribution in [0.4, 0.5) is 0 Å². The van der Waals surface area contributed by atoms with Gasteiger partial charge in [0.1, 0.15) is 0 Å². The van der Waals surface area contributed by atoms with Crippen molar-refractivity contribution in [3.05, 3.63) is 33.8 Å². The number of benzene rings is 1. The van der Waals surface area contributed by atoms with Gasteiger partial charge in [0, 0.05) is 10.0 Å². The van der Waals surface area contributed by atoms with Crippen LogP contribution in [0.2, 0.25) is 10.0 Å². The topological polar surface area (TPSA) is 27.7 Å². The van der Waals surface area contributed by atoms with Gasteiger partial charge in [-0.3, -0.25) is 0 Å². The highest BCUT2D eigenvalue weighted by molar-refractivity contribution is 6.37. The summed E-state index contributed by atoms with van der Waals surface area (Å²) in [7, 11) is -0.684. The summed E-state index contributed by atoms with van der Waals surface area (Å²) in [4.78, 5) is 0. The molecule has 1 aliphatic rings. The van der Waals surface area contributed by atoms with Crippen LogP contribution < -0.4 is 0 Å². The fourth-order valence-electron chi connectivity index (χ4n) is 1.65. The molecule has 0 bridgehead atoms. The number of rotatable bonds is 3. The molecule has 0 amide bonds. The van der Waals surface area contributed by atoms with E-state index in [0.29, 0.717) is 16.7 Å². The summed E-state index contributed by atoms with van der Waals surface area (Å²) in [6, 6.07) is 5.29. The minimum absolute atomic E-state index is 0.312. The van der Waals surface area contributed by atoms with Crippen molar-refractivity contribution in [1.82, 2.24) is 0 Å². The molecule has 1 heterocycles. The highest BCUT2D eigenvalue weighted by atomic mass is 35.5. The Hall–Kier alpha value is -0.255. The van der Waals surface area contributed by atoms with Crippen LogP contribution in [0, 0.1) is 0 Å². The molecular formula is C13H17BCl2O3. The van der Waals surface area contributed by atoms with Crippen molar-refractivity contribution in [2.45, 2.75) is 45.5 Å². The minimum Gasteiger partial charge on any atom is -0.382 e. The molecule has 1 saturated heterocycles. The van der Waals surface area contributed by atoms with E-state index in [4.69, 9.17) is 37.2 Å². The van der Waals surface area contributed by atoms with E-state index in [0.717, 1.165) is 5.56 Å². The second-order valence-corrected chi connectivity index (χ2v) is 6.44. The fourth-order valence-corrected chi connectivity index (χ4v) is 2.12. The lowest BCUT2D eigenvalue weighted by molar-refractivity contribution is 0.00578. The Balaban J connectivity index is 1.97. The summed E-state index contributed by atoms with van der Waals surface area (Å²) in [5, 5.41) is 1.17. The molecule has 0 atom stereocenters. The lowest BCUT2D eigenvalue weighted by Gasteiger charge is -2.31. The lowest BCUT2D eigenvalue weighted by Crippen LogP contribution is -2.41. The van der Waals surface area contributed by atoms with Crippen LogP contribution in [0.15, 0.2) is 18.2 Å². The third kappa shape index (κ3) is 3.26. The maximum Gasteiger partial charge on any atom is 0.640 e. The largest absolute Gasteiger partial charge is 0.640 e. The lowest BCUT2D eigenvalue weighted by atomic mass is 9.90. The first-order valence-corrected chi connectivity index (χ1v) is 6.88. The molecule has 19 heavy (non-hydrogen) atoms. The molecule has 2 rings (SSSR count). The highest BCUT2D eigenvalue weighted by Crippen LogP contribution is 2.37. The number of hydrogen-bond donors (Lipinski definition) is 0. The smallest absolute Gasteiger partial charge is 0.382 e. The van der Waals surface area contributed by atoms with Gasteiger partial charge in [0.25, 0.3) is 0 Å². The predicted octanol–water partition coefficient (Wildman–Crippen LogP) is 4.10. The quantitative estimate of drug-likeness (QED) is 0.787. The Morgan fingerprint density at radius 3 is 2.21 bits per heavy atom. The molecule has 0 aromatic heterocycles. The van der Waals surface area contributed by atoms with Crippen LogP contribution in [0.1, 0.15) is 33.3 Å². The SMILES string of the molecule is CC1(C)OB(OCc2ccc(Cl)cc2Cl)OC1(C)C. The van der Waals surface area contributed by atoms with E-state index in [1.54, 1.807) is 12.1 Å². The first kappa shape index (κ1) is 15.1. The van der Waals surface area contributed by atoms with Crippen LogP contribution in [0.25, 0.3) is 0 Å². The van der Waals surface area contributed by atoms with E-state index in [1.807, 2.05) is 33.8 Å². The molecule has 0 radical (unpaired) electrons. The van der Waals surface area contributed by atoms with Crippen LogP contribution >= 0.6 is 23.2 Å². The predicted molar refractivity (Wildman–Crippen MR) is 77.3 cm³/mol. The zero-order chi connectivity index (χ0) is 14.3. The van der Waals surface area contributed by atoms with Gasteiger partial charge in [-0.05, 0) is 45.4 Å².